The van der Waals surface area contributed by atoms with Crippen LogP contribution in [0.3, 0.4) is 0 Å². The number of likely N-dealkylation sites (tertiary alicyclic amines) is 1. The Morgan fingerprint density at radius 2 is 1.90 bits per heavy atom. The standard InChI is InChI=1S/C17H23N3/c1-13-16(18)7-6-15-10-14(11-19-17(13)15)12-20-8-4-2-3-5-9-20/h6-7,10-11H,2-5,8-9,12,18H2,1H3. The number of pyridine rings is 1. The monoisotopic (exact) mass is 269 g/mol. The van der Waals surface area contributed by atoms with Crippen molar-refractivity contribution < 1.29 is 0 Å². The number of nitrogens with two attached hydrogens (primary N) is 1. The minimum atomic E-state index is 0.824. The van der Waals surface area contributed by atoms with Crippen molar-refractivity contribution in [3.63, 3.8) is 0 Å². The zero-order valence-corrected chi connectivity index (χ0v) is 12.2. The Bertz CT molecular complexity index is 598. The molecule has 20 heavy (non-hydrogen) atoms. The van der Waals surface area contributed by atoms with E-state index in [9.17, 15) is 0 Å². The Balaban J connectivity index is 1.83. The number of hydrogen-bond acceptors (Lipinski definition) is 3. The van der Waals surface area contributed by atoms with E-state index in [1.165, 1.54) is 49.7 Å². The Labute approximate surface area is 120 Å². The maximum absolute atomic E-state index is 5.94. The molecular formula is C17H23N3. The third kappa shape index (κ3) is 2.78. The second kappa shape index (κ2) is 5.80. The van der Waals surface area contributed by atoms with Crippen molar-refractivity contribution >= 4 is 16.6 Å². The number of anilines is 1. The van der Waals surface area contributed by atoms with Crippen molar-refractivity contribution in [2.45, 2.75) is 39.2 Å². The molecule has 1 aromatic heterocycles. The highest BCUT2D eigenvalue weighted by Crippen LogP contribution is 2.23. The van der Waals surface area contributed by atoms with Crippen LogP contribution in [-0.4, -0.2) is 23.0 Å². The summed E-state index contributed by atoms with van der Waals surface area (Å²) in [6.45, 7) is 5.50. The third-order valence-electron chi connectivity index (χ3n) is 4.31. The smallest absolute Gasteiger partial charge is 0.0751 e. The van der Waals surface area contributed by atoms with Crippen LogP contribution >= 0.6 is 0 Å². The minimum absolute atomic E-state index is 0.824. The molecule has 1 aliphatic heterocycles. The van der Waals surface area contributed by atoms with Gasteiger partial charge in [-0.3, -0.25) is 9.88 Å². The van der Waals surface area contributed by atoms with Crippen LogP contribution in [0.5, 0.6) is 0 Å². The normalized spacial score (nSPS) is 17.2. The number of aryl methyl sites for hydroxylation is 1. The molecule has 0 bridgehead atoms. The largest absolute Gasteiger partial charge is 0.398 e. The van der Waals surface area contributed by atoms with Gasteiger partial charge in [0.25, 0.3) is 0 Å². The van der Waals surface area contributed by atoms with Crippen LogP contribution in [-0.2, 0) is 6.54 Å². The van der Waals surface area contributed by atoms with Crippen LogP contribution in [0.4, 0.5) is 5.69 Å². The number of benzene rings is 1. The molecule has 1 fully saturated rings. The van der Waals surface area contributed by atoms with Gasteiger partial charge in [0.15, 0.2) is 0 Å². The lowest BCUT2D eigenvalue weighted by molar-refractivity contribution is 0.277. The Kier molecular flexibility index (Phi) is 3.88. The third-order valence-corrected chi connectivity index (χ3v) is 4.31. The van der Waals surface area contributed by atoms with Crippen molar-refractivity contribution in [3.8, 4) is 0 Å². The molecule has 3 heteroatoms. The van der Waals surface area contributed by atoms with Crippen molar-refractivity contribution in [3.05, 3.63) is 35.5 Å². The average Bonchev–Trinajstić information content (AvgIpc) is 2.72. The summed E-state index contributed by atoms with van der Waals surface area (Å²) in [5.41, 5.74) is 10.2. The van der Waals surface area contributed by atoms with Gasteiger partial charge in [-0.15, -0.1) is 0 Å². The van der Waals surface area contributed by atoms with Gasteiger partial charge < -0.3 is 5.73 Å². The van der Waals surface area contributed by atoms with Crippen LogP contribution in [0.15, 0.2) is 24.4 Å². The molecular weight excluding hydrogens is 246 g/mol. The van der Waals surface area contributed by atoms with E-state index in [1.807, 2.05) is 19.2 Å². The number of hydrogen-bond donors (Lipinski definition) is 1. The van der Waals surface area contributed by atoms with Crippen LogP contribution < -0.4 is 5.73 Å². The Morgan fingerprint density at radius 3 is 2.65 bits per heavy atom. The quantitative estimate of drug-likeness (QED) is 0.848. The summed E-state index contributed by atoms with van der Waals surface area (Å²) in [6, 6.07) is 6.32. The highest BCUT2D eigenvalue weighted by atomic mass is 15.1. The Morgan fingerprint density at radius 1 is 1.15 bits per heavy atom. The van der Waals surface area contributed by atoms with Gasteiger partial charge in [-0.05, 0) is 56.1 Å². The first kappa shape index (κ1) is 13.4. The van der Waals surface area contributed by atoms with Gasteiger partial charge in [-0.1, -0.05) is 18.9 Å². The van der Waals surface area contributed by atoms with Crippen molar-refractivity contribution in [1.29, 1.82) is 0 Å². The first-order chi connectivity index (χ1) is 9.74. The number of nitrogens with zero attached hydrogens (tertiary/aromatic N) is 2. The second-order valence-corrected chi connectivity index (χ2v) is 5.89. The molecule has 1 aromatic carbocycles. The van der Waals surface area contributed by atoms with E-state index in [1.54, 1.807) is 0 Å². The minimum Gasteiger partial charge on any atom is -0.398 e. The van der Waals surface area contributed by atoms with Crippen molar-refractivity contribution in [2.24, 2.45) is 0 Å². The fourth-order valence-corrected chi connectivity index (χ4v) is 3.05. The highest BCUT2D eigenvalue weighted by molar-refractivity contribution is 5.86. The molecule has 0 radical (unpaired) electrons. The predicted octanol–water partition coefficient (Wildman–Crippen LogP) is 3.50. The van der Waals surface area contributed by atoms with Crippen LogP contribution in [0.25, 0.3) is 10.9 Å². The SMILES string of the molecule is Cc1c(N)ccc2cc(CN3CCCCCC3)cnc12. The number of aromatic nitrogens is 1. The van der Waals surface area contributed by atoms with Gasteiger partial charge in [-0.2, -0.15) is 0 Å². The van der Waals surface area contributed by atoms with Crippen LogP contribution in [0, 0.1) is 6.92 Å². The topological polar surface area (TPSA) is 42.1 Å². The summed E-state index contributed by atoms with van der Waals surface area (Å²) in [5, 5.41) is 1.20. The van der Waals surface area contributed by atoms with Gasteiger partial charge >= 0.3 is 0 Å². The van der Waals surface area contributed by atoms with E-state index in [4.69, 9.17) is 5.73 Å². The lowest BCUT2D eigenvalue weighted by Gasteiger charge is -2.19. The van der Waals surface area contributed by atoms with Gasteiger partial charge in [0.2, 0.25) is 0 Å². The summed E-state index contributed by atoms with van der Waals surface area (Å²) >= 11 is 0. The second-order valence-electron chi connectivity index (χ2n) is 5.89. The van der Waals surface area contributed by atoms with Gasteiger partial charge in [-0.25, -0.2) is 0 Å². The van der Waals surface area contributed by atoms with Crippen LogP contribution in [0.1, 0.15) is 36.8 Å². The highest BCUT2D eigenvalue weighted by Gasteiger charge is 2.10. The lowest BCUT2D eigenvalue weighted by atomic mass is 10.1. The molecule has 0 unspecified atom stereocenters. The van der Waals surface area contributed by atoms with Gasteiger partial charge in [0.1, 0.15) is 0 Å². The van der Waals surface area contributed by atoms with E-state index in [0.29, 0.717) is 0 Å². The summed E-state index contributed by atoms with van der Waals surface area (Å²) in [4.78, 5) is 7.18. The maximum atomic E-state index is 5.94. The Hall–Kier alpha value is -1.61. The summed E-state index contributed by atoms with van der Waals surface area (Å²) in [7, 11) is 0. The maximum Gasteiger partial charge on any atom is 0.0751 e. The van der Waals surface area contributed by atoms with Crippen molar-refractivity contribution in [1.82, 2.24) is 9.88 Å². The fraction of sp³-hybridized carbons (Fsp3) is 0.471. The van der Waals surface area contributed by atoms with E-state index in [0.717, 1.165) is 23.3 Å². The fourth-order valence-electron chi connectivity index (χ4n) is 3.05. The zero-order chi connectivity index (χ0) is 13.9. The lowest BCUT2D eigenvalue weighted by Crippen LogP contribution is -2.24. The molecule has 2 N–H and O–H groups in total. The number of fused-ring (bicyclic) bond motifs is 1. The molecule has 106 valence electrons. The number of nitrogen functional groups attached to an aromatic ring is 1. The van der Waals surface area contributed by atoms with E-state index < -0.39 is 0 Å². The molecule has 2 aromatic rings. The summed E-state index contributed by atoms with van der Waals surface area (Å²) in [5.74, 6) is 0. The van der Waals surface area contributed by atoms with E-state index in [-0.39, 0.29) is 0 Å². The molecule has 0 spiro atoms. The molecule has 0 atom stereocenters. The molecule has 0 aliphatic carbocycles. The predicted molar refractivity (Wildman–Crippen MR) is 84.6 cm³/mol. The van der Waals surface area contributed by atoms with Crippen LogP contribution in [0.2, 0.25) is 0 Å². The molecule has 1 aliphatic rings. The first-order valence-electron chi connectivity index (χ1n) is 7.60. The molecule has 1 saturated heterocycles. The molecule has 2 heterocycles. The summed E-state index contributed by atoms with van der Waals surface area (Å²) < 4.78 is 0. The van der Waals surface area contributed by atoms with Gasteiger partial charge in [0, 0.05) is 23.8 Å². The van der Waals surface area contributed by atoms with Crippen molar-refractivity contribution in [2.75, 3.05) is 18.8 Å². The summed E-state index contributed by atoms with van der Waals surface area (Å²) in [6.07, 6.45) is 7.43. The number of rotatable bonds is 2. The average molecular weight is 269 g/mol. The first-order valence-corrected chi connectivity index (χ1v) is 7.60. The molecule has 0 amide bonds. The molecule has 3 nitrogen and oxygen atoms in total. The van der Waals surface area contributed by atoms with E-state index >= 15 is 0 Å². The van der Waals surface area contributed by atoms with E-state index in [2.05, 4.69) is 22.0 Å². The van der Waals surface area contributed by atoms with Gasteiger partial charge in [0.05, 0.1) is 5.52 Å². The molecule has 0 saturated carbocycles. The zero-order valence-electron chi connectivity index (χ0n) is 12.2. The molecule has 3 rings (SSSR count).